The van der Waals surface area contributed by atoms with Crippen molar-refractivity contribution in [3.63, 3.8) is 0 Å². The highest BCUT2D eigenvalue weighted by atomic mass is 32.2. The molecule has 1 spiro atoms. The molecule has 0 bridgehead atoms. The van der Waals surface area contributed by atoms with Crippen molar-refractivity contribution in [2.75, 3.05) is 53.4 Å². The van der Waals surface area contributed by atoms with Crippen LogP contribution < -0.4 is 4.74 Å². The topological polar surface area (TPSA) is 107 Å². The van der Waals surface area contributed by atoms with Gasteiger partial charge in [-0.25, -0.2) is 13.2 Å². The Morgan fingerprint density at radius 3 is 2.28 bits per heavy atom. The zero-order valence-corrected chi connectivity index (χ0v) is 21.1. The molecule has 1 amide bonds. The van der Waals surface area contributed by atoms with Crippen LogP contribution in [0.3, 0.4) is 0 Å². The number of carbonyl (C=O) groups is 2. The fraction of sp³-hybridized carbons (Fsp3) is 0.652. The fourth-order valence-corrected chi connectivity index (χ4v) is 6.07. The minimum atomic E-state index is -5.08. The molecule has 13 heteroatoms. The number of carboxylic acids is 1. The van der Waals surface area contributed by atoms with Crippen LogP contribution in [0, 0.1) is 11.3 Å². The highest BCUT2D eigenvalue weighted by molar-refractivity contribution is 7.89. The molecule has 0 radical (unpaired) electrons. The van der Waals surface area contributed by atoms with E-state index in [1.54, 1.807) is 22.5 Å². The standard InChI is InChI=1S/C21H31N3O4S.C2HF3O2/c1-22(2)14-20(25)23-11-9-21(10-12-23)15-24(13-17-7-8-17)29(26,27)19-6-4-3-5-18(19)28-16-21;3-2(4,5)1(6)7/h3-6,17H,7-16H2,1-2H3;(H,6,7). The van der Waals surface area contributed by atoms with Gasteiger partial charge in [0.25, 0.3) is 0 Å². The Kier molecular flexibility index (Phi) is 8.56. The Morgan fingerprint density at radius 2 is 1.75 bits per heavy atom. The molecule has 0 aromatic heterocycles. The molecule has 3 aliphatic rings. The summed E-state index contributed by atoms with van der Waals surface area (Å²) in [4.78, 5) is 25.4. The number of ether oxygens (including phenoxy) is 1. The minimum absolute atomic E-state index is 0.129. The number of likely N-dealkylation sites (tertiary alicyclic amines) is 1. The molecule has 1 aromatic rings. The van der Waals surface area contributed by atoms with E-state index in [0.717, 1.165) is 25.7 Å². The second kappa shape index (κ2) is 10.9. The number of carbonyl (C=O) groups excluding carboxylic acids is 1. The first-order valence-electron chi connectivity index (χ1n) is 11.7. The number of nitrogens with zero attached hydrogens (tertiary/aromatic N) is 3. The maximum Gasteiger partial charge on any atom is 0.490 e. The van der Waals surface area contributed by atoms with Crippen molar-refractivity contribution in [2.24, 2.45) is 11.3 Å². The average molecular weight is 536 g/mol. The Balaban J connectivity index is 0.000000454. The number of amides is 1. The van der Waals surface area contributed by atoms with Crippen LogP contribution in [0.2, 0.25) is 0 Å². The zero-order chi connectivity index (χ0) is 26.7. The van der Waals surface area contributed by atoms with Crippen LogP contribution >= 0.6 is 0 Å². The summed E-state index contributed by atoms with van der Waals surface area (Å²) in [6.45, 7) is 3.23. The van der Waals surface area contributed by atoms with E-state index >= 15 is 0 Å². The number of rotatable bonds is 4. The summed E-state index contributed by atoms with van der Waals surface area (Å²) in [7, 11) is 0.188. The third-order valence-electron chi connectivity index (χ3n) is 6.54. The Labute approximate surface area is 208 Å². The molecule has 9 nitrogen and oxygen atoms in total. The second-order valence-corrected chi connectivity index (χ2v) is 11.8. The first kappa shape index (κ1) is 28.2. The van der Waals surface area contributed by atoms with Gasteiger partial charge in [0.2, 0.25) is 15.9 Å². The average Bonchev–Trinajstić information content (AvgIpc) is 3.61. The lowest BCUT2D eigenvalue weighted by atomic mass is 9.78. The van der Waals surface area contributed by atoms with Crippen LogP contribution in [-0.2, 0) is 19.6 Å². The highest BCUT2D eigenvalue weighted by Gasteiger charge is 2.44. The summed E-state index contributed by atoms with van der Waals surface area (Å²) >= 11 is 0. The third kappa shape index (κ3) is 7.10. The number of benzene rings is 1. The summed E-state index contributed by atoms with van der Waals surface area (Å²) < 4.78 is 66.4. The fourth-order valence-electron chi connectivity index (χ4n) is 4.31. The SMILES string of the molecule is CN(C)CC(=O)N1CCC2(CC1)COc1ccccc1S(=O)(=O)N(CC1CC1)C2.O=C(O)C(F)(F)F. The van der Waals surface area contributed by atoms with E-state index in [1.165, 1.54) is 0 Å². The van der Waals surface area contributed by atoms with Gasteiger partial charge >= 0.3 is 12.1 Å². The lowest BCUT2D eigenvalue weighted by Crippen LogP contribution is -2.53. The molecule has 4 rings (SSSR count). The first-order valence-corrected chi connectivity index (χ1v) is 13.1. The molecule has 2 aliphatic heterocycles. The molecule has 0 atom stereocenters. The molecular formula is C23H32F3N3O6S. The van der Waals surface area contributed by atoms with E-state index < -0.39 is 22.2 Å². The van der Waals surface area contributed by atoms with Gasteiger partial charge in [0.05, 0.1) is 13.2 Å². The number of likely N-dealkylation sites (N-methyl/N-ethyl adjacent to an activating group) is 1. The number of piperidine rings is 1. The van der Waals surface area contributed by atoms with Crippen molar-refractivity contribution in [2.45, 2.75) is 36.8 Å². The number of fused-ring (bicyclic) bond motifs is 1. The molecule has 0 unspecified atom stereocenters. The van der Waals surface area contributed by atoms with Crippen LogP contribution in [0.15, 0.2) is 29.2 Å². The van der Waals surface area contributed by atoms with Gasteiger partial charge in [-0.1, -0.05) is 12.1 Å². The predicted molar refractivity (Wildman–Crippen MR) is 124 cm³/mol. The highest BCUT2D eigenvalue weighted by Crippen LogP contribution is 2.41. The number of carboxylic acid groups (broad SMARTS) is 1. The Morgan fingerprint density at radius 1 is 1.17 bits per heavy atom. The molecule has 1 saturated heterocycles. The van der Waals surface area contributed by atoms with Crippen LogP contribution in [0.1, 0.15) is 25.7 Å². The summed E-state index contributed by atoms with van der Waals surface area (Å²) in [5.41, 5.74) is -0.260. The van der Waals surface area contributed by atoms with Crippen molar-refractivity contribution in [1.82, 2.24) is 14.1 Å². The van der Waals surface area contributed by atoms with Crippen LogP contribution in [-0.4, -0.2) is 99.1 Å². The number of para-hydroxylation sites is 1. The Bertz CT molecular complexity index is 1050. The summed E-state index contributed by atoms with van der Waals surface area (Å²) in [5.74, 6) is -1.72. The molecule has 1 saturated carbocycles. The minimum Gasteiger partial charge on any atom is -0.492 e. The van der Waals surface area contributed by atoms with E-state index in [0.29, 0.717) is 51.0 Å². The number of halogens is 3. The van der Waals surface area contributed by atoms with Gasteiger partial charge in [-0.05, 0) is 57.8 Å². The van der Waals surface area contributed by atoms with Crippen molar-refractivity contribution >= 4 is 21.9 Å². The first-order chi connectivity index (χ1) is 16.7. The van der Waals surface area contributed by atoms with Crippen molar-refractivity contribution < 1.29 is 41.0 Å². The summed E-state index contributed by atoms with van der Waals surface area (Å²) in [5, 5.41) is 7.12. The normalized spacial score (nSPS) is 21.4. The summed E-state index contributed by atoms with van der Waals surface area (Å²) in [6, 6.07) is 6.96. The third-order valence-corrected chi connectivity index (χ3v) is 8.39. The predicted octanol–water partition coefficient (Wildman–Crippen LogP) is 2.28. The molecule has 2 heterocycles. The number of hydrogen-bond donors (Lipinski definition) is 1. The number of alkyl halides is 3. The monoisotopic (exact) mass is 535 g/mol. The molecule has 36 heavy (non-hydrogen) atoms. The lowest BCUT2D eigenvalue weighted by molar-refractivity contribution is -0.192. The van der Waals surface area contributed by atoms with Crippen LogP contribution in [0.4, 0.5) is 13.2 Å². The maximum atomic E-state index is 13.4. The molecule has 2 fully saturated rings. The van der Waals surface area contributed by atoms with Gasteiger partial charge in [0.1, 0.15) is 10.6 Å². The van der Waals surface area contributed by atoms with Gasteiger partial charge in [0.15, 0.2) is 0 Å². The van der Waals surface area contributed by atoms with E-state index in [-0.39, 0.29) is 16.2 Å². The summed E-state index contributed by atoms with van der Waals surface area (Å²) in [6.07, 6.45) is -1.37. The molecular weight excluding hydrogens is 503 g/mol. The Hall–Kier alpha value is -2.38. The lowest BCUT2D eigenvalue weighted by Gasteiger charge is -2.45. The number of aliphatic carboxylic acids is 1. The number of hydrogen-bond acceptors (Lipinski definition) is 6. The zero-order valence-electron chi connectivity index (χ0n) is 20.3. The smallest absolute Gasteiger partial charge is 0.490 e. The molecule has 1 aromatic carbocycles. The van der Waals surface area contributed by atoms with E-state index in [2.05, 4.69) is 0 Å². The van der Waals surface area contributed by atoms with E-state index in [4.69, 9.17) is 14.6 Å². The van der Waals surface area contributed by atoms with Crippen LogP contribution in [0.25, 0.3) is 0 Å². The molecule has 1 aliphatic carbocycles. The number of sulfonamides is 1. The van der Waals surface area contributed by atoms with Gasteiger partial charge < -0.3 is 19.6 Å². The van der Waals surface area contributed by atoms with E-state index in [9.17, 15) is 26.4 Å². The quantitative estimate of drug-likeness (QED) is 0.631. The van der Waals surface area contributed by atoms with Crippen molar-refractivity contribution in [3.05, 3.63) is 24.3 Å². The largest absolute Gasteiger partial charge is 0.492 e. The van der Waals surface area contributed by atoms with Gasteiger partial charge in [-0.2, -0.15) is 17.5 Å². The molecule has 202 valence electrons. The second-order valence-electron chi connectivity index (χ2n) is 9.90. The van der Waals surface area contributed by atoms with E-state index in [1.807, 2.05) is 30.0 Å². The van der Waals surface area contributed by atoms with Crippen molar-refractivity contribution in [3.8, 4) is 5.75 Å². The molecule has 1 N–H and O–H groups in total. The van der Waals surface area contributed by atoms with Gasteiger partial charge in [-0.3, -0.25) is 4.79 Å². The van der Waals surface area contributed by atoms with Crippen molar-refractivity contribution in [1.29, 1.82) is 0 Å². The van der Waals surface area contributed by atoms with Gasteiger partial charge in [-0.15, -0.1) is 0 Å². The maximum absolute atomic E-state index is 13.4. The van der Waals surface area contributed by atoms with Crippen LogP contribution in [0.5, 0.6) is 5.75 Å². The van der Waals surface area contributed by atoms with Gasteiger partial charge in [0, 0.05) is 31.6 Å².